The highest BCUT2D eigenvalue weighted by molar-refractivity contribution is 8.45. The monoisotopic (exact) mass is 345 g/mol. The third-order valence-corrected chi connectivity index (χ3v) is 3.63. The largest absolute Gasteiger partial charge is 0.476 e. The number of nitrogens with zero attached hydrogens (tertiary/aromatic N) is 2. The molecule has 2 N–H and O–H groups in total. The molecule has 0 fully saturated rings. The van der Waals surface area contributed by atoms with Crippen molar-refractivity contribution in [1.82, 2.24) is 15.4 Å². The van der Waals surface area contributed by atoms with Gasteiger partial charge in [-0.2, -0.15) is 0 Å². The summed E-state index contributed by atoms with van der Waals surface area (Å²) >= 11 is 0. The summed E-state index contributed by atoms with van der Waals surface area (Å²) in [6.45, 7) is -0.356. The Kier molecular flexibility index (Phi) is 3.14. The van der Waals surface area contributed by atoms with E-state index in [1.54, 1.807) is 0 Å². The van der Waals surface area contributed by atoms with Crippen molar-refractivity contribution in [2.45, 2.75) is 11.5 Å². The molecule has 2 aromatic rings. The van der Waals surface area contributed by atoms with Crippen LogP contribution in [-0.4, -0.2) is 26.5 Å². The van der Waals surface area contributed by atoms with Gasteiger partial charge < -0.3 is 9.84 Å². The molecule has 12 heteroatoms. The number of carbonyl (C=O) groups is 1. The molecule has 0 unspecified atom stereocenters. The van der Waals surface area contributed by atoms with Gasteiger partial charge in [0.1, 0.15) is 11.5 Å². The number of nitrogens with one attached hydrogen (secondary N) is 1. The number of benzene rings is 1. The topological polar surface area (TPSA) is 88.1 Å². The molecule has 0 saturated carbocycles. The van der Waals surface area contributed by atoms with Gasteiger partial charge in [0.05, 0.1) is 0 Å². The van der Waals surface area contributed by atoms with E-state index in [1.165, 1.54) is 0 Å². The first-order valence-electron chi connectivity index (χ1n) is 5.47. The van der Waals surface area contributed by atoms with Gasteiger partial charge in [-0.1, -0.05) is 36.8 Å². The van der Waals surface area contributed by atoms with Crippen LogP contribution in [0.2, 0.25) is 0 Å². The van der Waals surface area contributed by atoms with Crippen molar-refractivity contribution in [3.8, 4) is 5.88 Å². The van der Waals surface area contributed by atoms with Crippen LogP contribution in [0.5, 0.6) is 5.88 Å². The van der Waals surface area contributed by atoms with Crippen LogP contribution in [0.1, 0.15) is 16.1 Å². The predicted molar refractivity (Wildman–Crippen MR) is 65.5 cm³/mol. The van der Waals surface area contributed by atoms with Gasteiger partial charge >= 0.3 is 16.2 Å². The van der Waals surface area contributed by atoms with Crippen LogP contribution in [0, 0.1) is 0 Å². The lowest BCUT2D eigenvalue weighted by atomic mass is 10.2. The Balaban J connectivity index is 2.13. The van der Waals surface area contributed by atoms with Crippen molar-refractivity contribution in [2.24, 2.45) is 0 Å². The van der Waals surface area contributed by atoms with Gasteiger partial charge in [0.15, 0.2) is 0 Å². The summed E-state index contributed by atoms with van der Waals surface area (Å²) in [5.41, 5.74) is -0.389. The molecular formula is C10H8F5N3O3S. The number of halogens is 5. The average Bonchev–Trinajstić information content (AvgIpc) is 2.82. The number of H-pyrrole nitrogens is 1. The number of ether oxygens (including phenoxy) is 1. The lowest BCUT2D eigenvalue weighted by Gasteiger charge is -2.40. The zero-order valence-corrected chi connectivity index (χ0v) is 11.3. The zero-order valence-electron chi connectivity index (χ0n) is 10.5. The number of hydrogen-bond acceptors (Lipinski definition) is 4. The number of carboxylic acid groups (broad SMARTS) is 1. The molecule has 0 radical (unpaired) electrons. The van der Waals surface area contributed by atoms with Crippen LogP contribution in [0.15, 0.2) is 29.2 Å². The lowest BCUT2D eigenvalue weighted by molar-refractivity contribution is 0.0685. The number of hydrogen-bond donors (Lipinski definition) is 2. The molecule has 1 heterocycles. The van der Waals surface area contributed by atoms with E-state index in [1.807, 2.05) is 0 Å². The van der Waals surface area contributed by atoms with Crippen molar-refractivity contribution in [3.05, 3.63) is 35.5 Å². The molecule has 0 aliphatic heterocycles. The minimum atomic E-state index is -9.71. The predicted octanol–water partition coefficient (Wildman–Crippen LogP) is 3.74. The van der Waals surface area contributed by atoms with E-state index in [2.05, 4.69) is 15.4 Å². The summed E-state index contributed by atoms with van der Waals surface area (Å²) in [6, 6.07) is 2.09. The fourth-order valence-corrected chi connectivity index (χ4v) is 2.11. The summed E-state index contributed by atoms with van der Waals surface area (Å²) < 4.78 is 67.5. The molecular weight excluding hydrogens is 337 g/mol. The first-order chi connectivity index (χ1) is 9.86. The highest BCUT2D eigenvalue weighted by Crippen LogP contribution is 3.02. The normalized spacial score (nSPS) is 15.0. The minimum absolute atomic E-state index is 0.122. The smallest absolute Gasteiger partial charge is 0.362 e. The quantitative estimate of drug-likeness (QED) is 0.806. The molecule has 22 heavy (non-hydrogen) atoms. The van der Waals surface area contributed by atoms with E-state index in [4.69, 9.17) is 9.84 Å². The van der Waals surface area contributed by atoms with E-state index in [9.17, 15) is 24.2 Å². The van der Waals surface area contributed by atoms with Crippen molar-refractivity contribution in [3.63, 3.8) is 0 Å². The molecule has 0 aliphatic carbocycles. The third kappa shape index (κ3) is 3.63. The van der Waals surface area contributed by atoms with Crippen molar-refractivity contribution < 1.29 is 34.1 Å². The van der Waals surface area contributed by atoms with Crippen molar-refractivity contribution in [1.29, 1.82) is 0 Å². The Bertz CT molecular complexity index is 714. The second-order valence-electron chi connectivity index (χ2n) is 4.20. The highest BCUT2D eigenvalue weighted by atomic mass is 32.5. The Morgan fingerprint density at radius 3 is 2.27 bits per heavy atom. The molecule has 1 aromatic carbocycles. The van der Waals surface area contributed by atoms with Gasteiger partial charge in [0, 0.05) is 0 Å². The summed E-state index contributed by atoms with van der Waals surface area (Å²) in [6.07, 6.45) is 0. The molecule has 0 bridgehead atoms. The van der Waals surface area contributed by atoms with E-state index >= 15 is 0 Å². The van der Waals surface area contributed by atoms with E-state index in [-0.39, 0.29) is 30.2 Å². The molecule has 2 rings (SSSR count). The fourth-order valence-electron chi connectivity index (χ4n) is 1.46. The summed E-state index contributed by atoms with van der Waals surface area (Å²) in [5, 5.41) is 17.3. The minimum Gasteiger partial charge on any atom is -0.476 e. The standard InChI is InChI=1S/C10H8F5N3O3S/c11-22(12,13,14,15)7-3-1-6(2-4-7)5-21-9-8(10(19)20)16-18-17-9/h1-4H,5H2,(H,19,20)(H,16,17,18). The average molecular weight is 345 g/mol. The fraction of sp³-hybridized carbons (Fsp3) is 0.100. The third-order valence-electron chi connectivity index (χ3n) is 2.47. The maximum atomic E-state index is 12.5. The first kappa shape index (κ1) is 16.0. The molecule has 6 nitrogen and oxygen atoms in total. The molecule has 1 aromatic heterocycles. The van der Waals surface area contributed by atoms with Crippen LogP contribution in [0.4, 0.5) is 19.4 Å². The number of aromatic nitrogens is 3. The van der Waals surface area contributed by atoms with Crippen LogP contribution < -0.4 is 4.74 Å². The van der Waals surface area contributed by atoms with Crippen molar-refractivity contribution >= 4 is 16.2 Å². The van der Waals surface area contributed by atoms with Gasteiger partial charge in [-0.05, 0) is 17.7 Å². The lowest BCUT2D eigenvalue weighted by Crippen LogP contribution is -2.06. The van der Waals surface area contributed by atoms with Gasteiger partial charge in [0.25, 0.3) is 0 Å². The van der Waals surface area contributed by atoms with Gasteiger partial charge in [-0.15, -0.1) is 5.10 Å². The second-order valence-corrected chi connectivity index (χ2v) is 6.61. The molecule has 0 saturated heterocycles. The Labute approximate surface area is 119 Å². The summed E-state index contributed by atoms with van der Waals surface area (Å²) in [7, 11) is -9.71. The van der Waals surface area contributed by atoms with E-state index < -0.39 is 26.8 Å². The number of aromatic amines is 1. The van der Waals surface area contributed by atoms with Crippen LogP contribution in [0.25, 0.3) is 0 Å². The Hall–Kier alpha value is -2.37. The van der Waals surface area contributed by atoms with Gasteiger partial charge in [-0.3, -0.25) is 0 Å². The van der Waals surface area contributed by atoms with Gasteiger partial charge in [-0.25, -0.2) is 9.89 Å². The first-order valence-corrected chi connectivity index (χ1v) is 7.42. The van der Waals surface area contributed by atoms with Crippen LogP contribution in [-0.2, 0) is 6.61 Å². The molecule has 0 atom stereocenters. The molecule has 0 spiro atoms. The van der Waals surface area contributed by atoms with E-state index in [0.29, 0.717) is 0 Å². The SMILES string of the molecule is O=C(O)c1nn[nH]c1OCc1ccc(S(F)(F)(F)(F)F)cc1. The summed E-state index contributed by atoms with van der Waals surface area (Å²) in [4.78, 5) is 8.70. The Morgan fingerprint density at radius 2 is 1.77 bits per heavy atom. The highest BCUT2D eigenvalue weighted by Gasteiger charge is 2.65. The molecule has 122 valence electrons. The maximum Gasteiger partial charge on any atom is 0.362 e. The van der Waals surface area contributed by atoms with Gasteiger partial charge in [0.2, 0.25) is 11.6 Å². The van der Waals surface area contributed by atoms with Crippen LogP contribution in [0.3, 0.4) is 0 Å². The summed E-state index contributed by atoms with van der Waals surface area (Å²) in [5.74, 6) is -1.72. The maximum absolute atomic E-state index is 12.5. The Morgan fingerprint density at radius 1 is 1.18 bits per heavy atom. The zero-order chi connectivity index (χ0) is 16.7. The molecule has 0 amide bonds. The van der Waals surface area contributed by atoms with E-state index in [0.717, 1.165) is 12.1 Å². The molecule has 0 aliphatic rings. The number of rotatable bonds is 5. The van der Waals surface area contributed by atoms with Crippen molar-refractivity contribution in [2.75, 3.05) is 0 Å². The second kappa shape index (κ2) is 4.32. The van der Waals surface area contributed by atoms with Crippen LogP contribution >= 0.6 is 10.2 Å². The number of aromatic carboxylic acids is 1. The number of carboxylic acids is 1.